The van der Waals surface area contributed by atoms with Crippen LogP contribution in [0.4, 0.5) is 0 Å². The van der Waals surface area contributed by atoms with Gasteiger partial charge in [0.15, 0.2) is 0 Å². The lowest BCUT2D eigenvalue weighted by molar-refractivity contribution is -0.138. The number of hydrogen-bond donors (Lipinski definition) is 2. The molecule has 0 amide bonds. The molecule has 0 saturated carbocycles. The summed E-state index contributed by atoms with van der Waals surface area (Å²) in [5.74, 6) is 1.10. The second-order valence-electron chi connectivity index (χ2n) is 3.55. The lowest BCUT2D eigenvalue weighted by Gasteiger charge is -2.08. The summed E-state index contributed by atoms with van der Waals surface area (Å²) in [6.45, 7) is 2.38. The largest absolute Gasteiger partial charge is 0.480 e. The van der Waals surface area contributed by atoms with Crippen molar-refractivity contribution in [1.29, 1.82) is 0 Å². The van der Waals surface area contributed by atoms with E-state index in [1.165, 1.54) is 5.56 Å². The highest BCUT2D eigenvalue weighted by Crippen LogP contribution is 2.10. The number of hydrogen-bond acceptors (Lipinski definition) is 3. The van der Waals surface area contributed by atoms with Gasteiger partial charge in [0, 0.05) is 18.1 Å². The molecule has 0 fully saturated rings. The van der Waals surface area contributed by atoms with Crippen LogP contribution in [0.1, 0.15) is 12.5 Å². The van der Waals surface area contributed by atoms with Crippen molar-refractivity contribution in [3.05, 3.63) is 35.9 Å². The summed E-state index contributed by atoms with van der Waals surface area (Å²) < 4.78 is 0. The van der Waals surface area contributed by atoms with E-state index in [4.69, 9.17) is 5.11 Å². The maximum absolute atomic E-state index is 10.5. The number of rotatable bonds is 7. The fourth-order valence-corrected chi connectivity index (χ4v) is 2.03. The van der Waals surface area contributed by atoms with Gasteiger partial charge >= 0.3 is 5.97 Å². The van der Waals surface area contributed by atoms with Crippen LogP contribution < -0.4 is 5.32 Å². The first-order valence-corrected chi connectivity index (χ1v) is 6.43. The Bertz CT molecular complexity index is 316. The van der Waals surface area contributed by atoms with Gasteiger partial charge in [-0.3, -0.25) is 4.79 Å². The maximum Gasteiger partial charge on any atom is 0.320 e. The molecule has 0 spiro atoms. The van der Waals surface area contributed by atoms with Crippen LogP contribution in [0.15, 0.2) is 30.3 Å². The number of aliphatic carboxylic acids is 1. The molecule has 4 heteroatoms. The predicted octanol–water partition coefficient (Wildman–Crippen LogP) is 1.98. The van der Waals surface area contributed by atoms with Crippen LogP contribution in [0.3, 0.4) is 0 Å². The third-order valence-corrected chi connectivity index (χ3v) is 3.21. The molecular weight excluding hydrogens is 222 g/mol. The summed E-state index contributed by atoms with van der Waals surface area (Å²) in [6, 6.07) is 9.80. The molecule has 88 valence electrons. The van der Waals surface area contributed by atoms with Crippen molar-refractivity contribution >= 4 is 17.7 Å². The monoisotopic (exact) mass is 239 g/mol. The van der Waals surface area contributed by atoms with Crippen LogP contribution in [0.5, 0.6) is 0 Å². The van der Waals surface area contributed by atoms with E-state index in [-0.39, 0.29) is 0 Å². The van der Waals surface area contributed by atoms with Crippen molar-refractivity contribution < 1.29 is 9.90 Å². The Morgan fingerprint density at radius 1 is 1.44 bits per heavy atom. The Kier molecular flexibility index (Phi) is 5.96. The predicted molar refractivity (Wildman–Crippen MR) is 67.7 cm³/mol. The zero-order valence-corrected chi connectivity index (χ0v) is 10.2. The summed E-state index contributed by atoms with van der Waals surface area (Å²) in [5.41, 5.74) is 1.30. The number of carbonyl (C=O) groups is 1. The van der Waals surface area contributed by atoms with Crippen LogP contribution in [0.25, 0.3) is 0 Å². The summed E-state index contributed by atoms with van der Waals surface area (Å²) in [6.07, 6.45) is 0. The van der Waals surface area contributed by atoms with E-state index in [9.17, 15) is 4.79 Å². The molecule has 0 aliphatic rings. The first kappa shape index (κ1) is 13.1. The van der Waals surface area contributed by atoms with Crippen LogP contribution in [0.2, 0.25) is 0 Å². The Morgan fingerprint density at radius 3 is 2.75 bits per heavy atom. The van der Waals surface area contributed by atoms with Gasteiger partial charge in [0.05, 0.1) is 0 Å². The quantitative estimate of drug-likeness (QED) is 0.714. The number of carboxylic acid groups (broad SMARTS) is 1. The molecule has 16 heavy (non-hydrogen) atoms. The second-order valence-corrected chi connectivity index (χ2v) is 4.66. The van der Waals surface area contributed by atoms with Gasteiger partial charge < -0.3 is 10.4 Å². The molecule has 1 rings (SSSR count). The highest BCUT2D eigenvalue weighted by Gasteiger charge is 2.08. The molecule has 0 aromatic heterocycles. The lowest BCUT2D eigenvalue weighted by Crippen LogP contribution is -2.35. The van der Waals surface area contributed by atoms with Crippen molar-refractivity contribution in [3.63, 3.8) is 0 Å². The van der Waals surface area contributed by atoms with E-state index >= 15 is 0 Å². The van der Waals surface area contributed by atoms with Crippen molar-refractivity contribution in [1.82, 2.24) is 5.32 Å². The number of benzene rings is 1. The summed E-state index contributed by atoms with van der Waals surface area (Å²) in [7, 11) is 0. The molecule has 1 atom stereocenters. The van der Waals surface area contributed by atoms with Gasteiger partial charge in [-0.05, 0) is 12.5 Å². The standard InChI is InChI=1S/C12H17NO2S/c1-10(12(14)15)13-7-8-16-9-11-5-3-2-4-6-11/h2-6,10,13H,7-9H2,1H3,(H,14,15)/t10-/m1/s1. The van der Waals surface area contributed by atoms with Crippen molar-refractivity contribution in [3.8, 4) is 0 Å². The molecule has 2 N–H and O–H groups in total. The third-order valence-electron chi connectivity index (χ3n) is 2.18. The number of nitrogens with one attached hydrogen (secondary N) is 1. The molecule has 0 unspecified atom stereocenters. The van der Waals surface area contributed by atoms with E-state index in [0.717, 1.165) is 18.1 Å². The summed E-state index contributed by atoms with van der Waals surface area (Å²) in [4.78, 5) is 10.5. The normalized spacial score (nSPS) is 12.3. The van der Waals surface area contributed by atoms with E-state index in [2.05, 4.69) is 17.4 Å². The minimum absolute atomic E-state index is 0.461. The molecule has 1 aromatic carbocycles. The molecule has 0 saturated heterocycles. The maximum atomic E-state index is 10.5. The summed E-state index contributed by atoms with van der Waals surface area (Å²) >= 11 is 1.80. The van der Waals surface area contributed by atoms with Crippen LogP contribution in [-0.4, -0.2) is 29.4 Å². The molecule has 0 heterocycles. The third kappa shape index (κ3) is 5.19. The van der Waals surface area contributed by atoms with E-state index in [0.29, 0.717) is 0 Å². The fraction of sp³-hybridized carbons (Fsp3) is 0.417. The summed E-state index contributed by atoms with van der Waals surface area (Å²) in [5, 5.41) is 11.6. The van der Waals surface area contributed by atoms with Crippen LogP contribution >= 0.6 is 11.8 Å². The Hall–Kier alpha value is -1.00. The Balaban J connectivity index is 2.07. The average Bonchev–Trinajstić information content (AvgIpc) is 2.29. The average molecular weight is 239 g/mol. The number of carboxylic acids is 1. The molecule has 0 aliphatic heterocycles. The Morgan fingerprint density at radius 2 is 2.12 bits per heavy atom. The minimum atomic E-state index is -0.798. The first-order valence-electron chi connectivity index (χ1n) is 5.28. The zero-order chi connectivity index (χ0) is 11.8. The molecule has 3 nitrogen and oxygen atoms in total. The molecule has 0 bridgehead atoms. The van der Waals surface area contributed by atoms with Crippen LogP contribution in [0, 0.1) is 0 Å². The zero-order valence-electron chi connectivity index (χ0n) is 9.35. The van der Waals surface area contributed by atoms with Crippen molar-refractivity contribution in [2.75, 3.05) is 12.3 Å². The second kappa shape index (κ2) is 7.30. The van der Waals surface area contributed by atoms with Gasteiger partial charge in [-0.1, -0.05) is 30.3 Å². The van der Waals surface area contributed by atoms with E-state index < -0.39 is 12.0 Å². The van der Waals surface area contributed by atoms with Gasteiger partial charge in [-0.2, -0.15) is 11.8 Å². The Labute approximate surface area is 100 Å². The van der Waals surface area contributed by atoms with Gasteiger partial charge in [-0.25, -0.2) is 0 Å². The minimum Gasteiger partial charge on any atom is -0.480 e. The van der Waals surface area contributed by atoms with Gasteiger partial charge in [0.2, 0.25) is 0 Å². The van der Waals surface area contributed by atoms with Gasteiger partial charge in [-0.15, -0.1) is 0 Å². The lowest BCUT2D eigenvalue weighted by atomic mass is 10.2. The van der Waals surface area contributed by atoms with Gasteiger partial charge in [0.25, 0.3) is 0 Å². The number of thioether (sulfide) groups is 1. The highest BCUT2D eigenvalue weighted by atomic mass is 32.2. The van der Waals surface area contributed by atoms with Crippen molar-refractivity contribution in [2.24, 2.45) is 0 Å². The van der Waals surface area contributed by atoms with E-state index in [1.54, 1.807) is 18.7 Å². The van der Waals surface area contributed by atoms with E-state index in [1.807, 2.05) is 18.2 Å². The van der Waals surface area contributed by atoms with Crippen molar-refractivity contribution in [2.45, 2.75) is 18.7 Å². The molecular formula is C12H17NO2S. The molecule has 1 aromatic rings. The topological polar surface area (TPSA) is 49.3 Å². The molecule has 0 aliphatic carbocycles. The first-order chi connectivity index (χ1) is 7.70. The SMILES string of the molecule is C[C@@H](NCCSCc1ccccc1)C(=O)O. The molecule has 0 radical (unpaired) electrons. The fourth-order valence-electron chi connectivity index (χ4n) is 1.20. The smallest absolute Gasteiger partial charge is 0.320 e. The van der Waals surface area contributed by atoms with Crippen LogP contribution in [-0.2, 0) is 10.5 Å². The highest BCUT2D eigenvalue weighted by molar-refractivity contribution is 7.98. The van der Waals surface area contributed by atoms with Gasteiger partial charge in [0.1, 0.15) is 6.04 Å².